The monoisotopic (exact) mass is 275 g/mol. The van der Waals surface area contributed by atoms with E-state index >= 15 is 0 Å². The van der Waals surface area contributed by atoms with Gasteiger partial charge in [0.25, 0.3) is 0 Å². The molecule has 1 aliphatic heterocycles. The SMILES string of the molecule is CC(C)(C)OC(=O)N1CCC=C(c2cccc(O)c2)C1. The Morgan fingerprint density at radius 1 is 1.35 bits per heavy atom. The molecule has 0 radical (unpaired) electrons. The Bertz CT molecular complexity index is 529. The zero-order valence-electron chi connectivity index (χ0n) is 12.2. The van der Waals surface area contributed by atoms with Crippen LogP contribution in [0.2, 0.25) is 0 Å². The molecule has 4 nitrogen and oxygen atoms in total. The highest BCUT2D eigenvalue weighted by Crippen LogP contribution is 2.24. The lowest BCUT2D eigenvalue weighted by atomic mass is 10.0. The van der Waals surface area contributed by atoms with Gasteiger partial charge >= 0.3 is 6.09 Å². The van der Waals surface area contributed by atoms with Crippen molar-refractivity contribution in [2.24, 2.45) is 0 Å². The number of carbonyl (C=O) groups excluding carboxylic acids is 1. The van der Waals surface area contributed by atoms with E-state index in [0.29, 0.717) is 13.1 Å². The van der Waals surface area contributed by atoms with Crippen molar-refractivity contribution < 1.29 is 14.6 Å². The first-order valence-corrected chi connectivity index (χ1v) is 6.81. The van der Waals surface area contributed by atoms with E-state index in [4.69, 9.17) is 4.74 Å². The number of rotatable bonds is 1. The van der Waals surface area contributed by atoms with Crippen LogP contribution in [0, 0.1) is 0 Å². The van der Waals surface area contributed by atoms with Crippen molar-refractivity contribution in [3.63, 3.8) is 0 Å². The summed E-state index contributed by atoms with van der Waals surface area (Å²) >= 11 is 0. The maximum absolute atomic E-state index is 12.1. The Kier molecular flexibility index (Phi) is 4.02. The summed E-state index contributed by atoms with van der Waals surface area (Å²) in [5.41, 5.74) is 1.50. The van der Waals surface area contributed by atoms with Gasteiger partial charge in [0.15, 0.2) is 0 Å². The van der Waals surface area contributed by atoms with Crippen LogP contribution in [0.4, 0.5) is 4.79 Å². The van der Waals surface area contributed by atoms with Crippen molar-refractivity contribution in [1.82, 2.24) is 4.90 Å². The van der Waals surface area contributed by atoms with Crippen LogP contribution in [0.15, 0.2) is 30.3 Å². The third kappa shape index (κ3) is 3.76. The lowest BCUT2D eigenvalue weighted by Gasteiger charge is -2.30. The molecule has 2 rings (SSSR count). The molecule has 0 spiro atoms. The van der Waals surface area contributed by atoms with Crippen molar-refractivity contribution in [2.45, 2.75) is 32.8 Å². The normalized spacial score (nSPS) is 15.8. The first-order valence-electron chi connectivity index (χ1n) is 6.81. The van der Waals surface area contributed by atoms with Gasteiger partial charge in [0.2, 0.25) is 0 Å². The number of amides is 1. The maximum Gasteiger partial charge on any atom is 0.410 e. The summed E-state index contributed by atoms with van der Waals surface area (Å²) in [7, 11) is 0. The van der Waals surface area contributed by atoms with Gasteiger partial charge in [-0.05, 0) is 50.5 Å². The van der Waals surface area contributed by atoms with E-state index in [-0.39, 0.29) is 11.8 Å². The van der Waals surface area contributed by atoms with Crippen LogP contribution >= 0.6 is 0 Å². The van der Waals surface area contributed by atoms with E-state index < -0.39 is 5.60 Å². The number of phenolic OH excluding ortho intramolecular Hbond substituents is 1. The van der Waals surface area contributed by atoms with Gasteiger partial charge in [-0.3, -0.25) is 0 Å². The predicted molar refractivity (Wildman–Crippen MR) is 78.5 cm³/mol. The molecular weight excluding hydrogens is 254 g/mol. The largest absolute Gasteiger partial charge is 0.508 e. The zero-order chi connectivity index (χ0) is 14.8. The summed E-state index contributed by atoms with van der Waals surface area (Å²) in [5, 5.41) is 9.54. The first kappa shape index (κ1) is 14.4. The van der Waals surface area contributed by atoms with E-state index in [1.54, 1.807) is 23.1 Å². The second kappa shape index (κ2) is 5.57. The van der Waals surface area contributed by atoms with Crippen LogP contribution in [0.5, 0.6) is 5.75 Å². The fraction of sp³-hybridized carbons (Fsp3) is 0.438. The summed E-state index contributed by atoms with van der Waals surface area (Å²) in [6.07, 6.45) is 2.61. The molecule has 1 heterocycles. The van der Waals surface area contributed by atoms with Crippen molar-refractivity contribution >= 4 is 11.7 Å². The minimum absolute atomic E-state index is 0.234. The number of nitrogens with zero attached hydrogens (tertiary/aromatic N) is 1. The maximum atomic E-state index is 12.1. The molecule has 20 heavy (non-hydrogen) atoms. The van der Waals surface area contributed by atoms with Crippen LogP contribution in [-0.4, -0.2) is 34.8 Å². The lowest BCUT2D eigenvalue weighted by Crippen LogP contribution is -2.39. The van der Waals surface area contributed by atoms with Crippen molar-refractivity contribution in [2.75, 3.05) is 13.1 Å². The number of phenols is 1. The van der Waals surface area contributed by atoms with E-state index in [9.17, 15) is 9.90 Å². The predicted octanol–water partition coefficient (Wildman–Crippen LogP) is 3.42. The molecule has 0 atom stereocenters. The lowest BCUT2D eigenvalue weighted by molar-refractivity contribution is 0.0273. The smallest absolute Gasteiger partial charge is 0.410 e. The average Bonchev–Trinajstić information content (AvgIpc) is 2.37. The summed E-state index contributed by atoms with van der Waals surface area (Å²) in [5.74, 6) is 0.234. The average molecular weight is 275 g/mol. The van der Waals surface area contributed by atoms with Crippen LogP contribution in [0.3, 0.4) is 0 Å². The summed E-state index contributed by atoms with van der Waals surface area (Å²) in [6.45, 7) is 6.76. The summed E-state index contributed by atoms with van der Waals surface area (Å²) in [6, 6.07) is 7.09. The Labute approximate surface area is 119 Å². The molecule has 1 aromatic carbocycles. The van der Waals surface area contributed by atoms with Gasteiger partial charge in [0, 0.05) is 13.1 Å². The zero-order valence-corrected chi connectivity index (χ0v) is 12.2. The summed E-state index contributed by atoms with van der Waals surface area (Å²) < 4.78 is 5.40. The quantitative estimate of drug-likeness (QED) is 0.854. The number of carbonyl (C=O) groups is 1. The molecule has 1 N–H and O–H groups in total. The summed E-state index contributed by atoms with van der Waals surface area (Å²) in [4.78, 5) is 13.8. The second-order valence-electron chi connectivity index (χ2n) is 5.97. The fourth-order valence-corrected chi connectivity index (χ4v) is 2.14. The van der Waals surface area contributed by atoms with Crippen LogP contribution in [-0.2, 0) is 4.74 Å². The minimum atomic E-state index is -0.483. The molecule has 0 saturated heterocycles. The van der Waals surface area contributed by atoms with E-state index in [1.165, 1.54) is 0 Å². The highest BCUT2D eigenvalue weighted by molar-refractivity contribution is 5.75. The molecule has 1 amide bonds. The topological polar surface area (TPSA) is 49.8 Å². The van der Waals surface area contributed by atoms with Gasteiger partial charge in [-0.15, -0.1) is 0 Å². The van der Waals surface area contributed by atoms with E-state index in [1.807, 2.05) is 26.8 Å². The number of hydrogen-bond acceptors (Lipinski definition) is 3. The van der Waals surface area contributed by atoms with Crippen LogP contribution in [0.1, 0.15) is 32.8 Å². The first-order chi connectivity index (χ1) is 9.35. The van der Waals surface area contributed by atoms with Gasteiger partial charge in [0.1, 0.15) is 11.4 Å². The highest BCUT2D eigenvalue weighted by Gasteiger charge is 2.24. The van der Waals surface area contributed by atoms with E-state index in [2.05, 4.69) is 6.08 Å². The molecule has 0 unspecified atom stereocenters. The minimum Gasteiger partial charge on any atom is -0.508 e. The van der Waals surface area contributed by atoms with Gasteiger partial charge in [-0.2, -0.15) is 0 Å². The number of hydrogen-bond donors (Lipinski definition) is 1. The van der Waals surface area contributed by atoms with E-state index in [0.717, 1.165) is 17.6 Å². The molecule has 4 heteroatoms. The third-order valence-electron chi connectivity index (χ3n) is 3.02. The highest BCUT2D eigenvalue weighted by atomic mass is 16.6. The standard InChI is InChI=1S/C16H21NO3/c1-16(2,3)20-15(19)17-9-5-7-13(11-17)12-6-4-8-14(18)10-12/h4,6-8,10,18H,5,9,11H2,1-3H3. The Morgan fingerprint density at radius 2 is 2.10 bits per heavy atom. The molecule has 0 aromatic heterocycles. The van der Waals surface area contributed by atoms with Crippen LogP contribution in [0.25, 0.3) is 5.57 Å². The van der Waals surface area contributed by atoms with Gasteiger partial charge < -0.3 is 14.7 Å². The van der Waals surface area contributed by atoms with Crippen LogP contribution < -0.4 is 0 Å². The van der Waals surface area contributed by atoms with Crippen molar-refractivity contribution in [3.05, 3.63) is 35.9 Å². The number of benzene rings is 1. The molecule has 0 saturated carbocycles. The molecule has 1 aliphatic rings. The molecule has 1 aromatic rings. The van der Waals surface area contributed by atoms with Gasteiger partial charge in [-0.25, -0.2) is 4.79 Å². The Hall–Kier alpha value is -1.97. The van der Waals surface area contributed by atoms with Gasteiger partial charge in [0.05, 0.1) is 0 Å². The van der Waals surface area contributed by atoms with Crippen molar-refractivity contribution in [1.29, 1.82) is 0 Å². The molecule has 0 aliphatic carbocycles. The molecule has 0 bridgehead atoms. The van der Waals surface area contributed by atoms with Crippen molar-refractivity contribution in [3.8, 4) is 5.75 Å². The number of aromatic hydroxyl groups is 1. The fourth-order valence-electron chi connectivity index (χ4n) is 2.14. The molecular formula is C16H21NO3. The molecule has 108 valence electrons. The third-order valence-corrected chi connectivity index (χ3v) is 3.02. The Balaban J connectivity index is 2.09. The number of ether oxygens (including phenoxy) is 1. The van der Waals surface area contributed by atoms with Gasteiger partial charge in [-0.1, -0.05) is 18.2 Å². The Morgan fingerprint density at radius 3 is 2.75 bits per heavy atom. The second-order valence-corrected chi connectivity index (χ2v) is 5.97. The molecule has 0 fully saturated rings.